The van der Waals surface area contributed by atoms with Gasteiger partial charge in [0.15, 0.2) is 29.2 Å². The summed E-state index contributed by atoms with van der Waals surface area (Å²) in [5.74, 6) is -0.0697. The van der Waals surface area contributed by atoms with Crippen molar-refractivity contribution in [1.29, 1.82) is 0 Å². The van der Waals surface area contributed by atoms with Crippen molar-refractivity contribution in [3.8, 4) is 28.7 Å². The number of nitrogens with zero attached hydrogens (tertiary/aromatic N) is 3. The lowest BCUT2D eigenvalue weighted by Crippen LogP contribution is -2.45. The van der Waals surface area contributed by atoms with Crippen LogP contribution in [-0.4, -0.2) is 66.8 Å². The van der Waals surface area contributed by atoms with Gasteiger partial charge >= 0.3 is 17.7 Å². The molecule has 1 aliphatic rings. The molecule has 2 amide bonds. The fraction of sp³-hybridized carbons (Fsp3) is 0.258. The molecule has 0 unspecified atom stereocenters. The molecule has 1 aliphatic heterocycles. The highest BCUT2D eigenvalue weighted by Gasteiger charge is 2.32. The molecule has 4 N–H and O–H groups in total. The van der Waals surface area contributed by atoms with E-state index in [-0.39, 0.29) is 41.8 Å². The van der Waals surface area contributed by atoms with Crippen LogP contribution in [0.3, 0.4) is 0 Å². The van der Waals surface area contributed by atoms with E-state index in [1.807, 2.05) is 0 Å². The second-order valence-corrected chi connectivity index (χ2v) is 11.1. The molecule has 50 heavy (non-hydrogen) atoms. The lowest BCUT2D eigenvalue weighted by molar-refractivity contribution is -0.394. The van der Waals surface area contributed by atoms with Gasteiger partial charge < -0.3 is 39.4 Å². The van der Waals surface area contributed by atoms with E-state index in [1.165, 1.54) is 26.5 Å². The van der Waals surface area contributed by atoms with E-state index in [0.717, 1.165) is 18.2 Å². The molecule has 0 aromatic heterocycles. The van der Waals surface area contributed by atoms with Gasteiger partial charge in [-0.15, -0.1) is 0 Å². The topological polar surface area (TPSA) is 235 Å². The molecule has 0 bridgehead atoms. The van der Waals surface area contributed by atoms with E-state index >= 15 is 0 Å². The number of amides is 2. The van der Waals surface area contributed by atoms with Crippen molar-refractivity contribution in [2.45, 2.75) is 26.1 Å². The number of urea groups is 1. The lowest BCUT2D eigenvalue weighted by Gasteiger charge is -2.28. The number of benzene rings is 3. The Morgan fingerprint density at radius 1 is 1.06 bits per heavy atom. The van der Waals surface area contributed by atoms with Crippen molar-refractivity contribution in [2.75, 3.05) is 27.4 Å². The summed E-state index contributed by atoms with van der Waals surface area (Å²) in [5, 5.41) is 42.4. The SMILES string of the molecule is CCOc1cc([C@@H]2NC(=O)NC(C)=C2C(=O)OC)ccc1OC[C@@H](O)N/N=C\c1cc(Br)c(Oc2ccc([N+](=O)[O-])cc2[N+](=O)[O-])c(OC)c1. The normalized spacial score (nSPS) is 14.7. The van der Waals surface area contributed by atoms with Crippen molar-refractivity contribution in [1.82, 2.24) is 16.1 Å². The number of aliphatic hydroxyl groups is 1. The van der Waals surface area contributed by atoms with Crippen molar-refractivity contribution in [2.24, 2.45) is 5.10 Å². The molecule has 0 spiro atoms. The first-order valence-electron chi connectivity index (χ1n) is 14.6. The first-order valence-corrected chi connectivity index (χ1v) is 15.4. The zero-order valence-corrected chi connectivity index (χ0v) is 28.5. The molecule has 2 atom stereocenters. The summed E-state index contributed by atoms with van der Waals surface area (Å²) in [6, 6.07) is 9.58. The Morgan fingerprint density at radius 2 is 1.80 bits per heavy atom. The van der Waals surface area contributed by atoms with Crippen LogP contribution in [0.15, 0.2) is 69.4 Å². The van der Waals surface area contributed by atoms with E-state index in [2.05, 4.69) is 37.1 Å². The molecular formula is C31H31BrN6O12. The van der Waals surface area contributed by atoms with Gasteiger partial charge in [-0.1, -0.05) is 6.07 Å². The number of hydrogen-bond donors (Lipinski definition) is 4. The molecule has 0 saturated carbocycles. The third-order valence-corrected chi connectivity index (χ3v) is 7.51. The fourth-order valence-corrected chi connectivity index (χ4v) is 5.23. The number of hydrogen-bond acceptors (Lipinski definition) is 14. The first-order chi connectivity index (χ1) is 23.9. The molecular weight excluding hydrogens is 728 g/mol. The molecule has 0 saturated heterocycles. The van der Waals surface area contributed by atoms with E-state index in [9.17, 15) is 34.9 Å². The van der Waals surface area contributed by atoms with Gasteiger partial charge in [-0.3, -0.25) is 25.7 Å². The molecule has 4 rings (SSSR count). The van der Waals surface area contributed by atoms with Crippen LogP contribution < -0.4 is 35.0 Å². The molecule has 3 aromatic carbocycles. The number of non-ortho nitro benzene ring substituents is 1. The van der Waals surface area contributed by atoms with Gasteiger partial charge in [-0.05, 0) is 71.2 Å². The summed E-state index contributed by atoms with van der Waals surface area (Å²) in [7, 11) is 2.59. The van der Waals surface area contributed by atoms with Crippen LogP contribution in [0.25, 0.3) is 0 Å². The maximum Gasteiger partial charge on any atom is 0.337 e. The van der Waals surface area contributed by atoms with Gasteiger partial charge in [0.2, 0.25) is 5.75 Å². The summed E-state index contributed by atoms with van der Waals surface area (Å²) < 4.78 is 27.8. The zero-order valence-electron chi connectivity index (χ0n) is 26.9. The van der Waals surface area contributed by atoms with Crippen molar-refractivity contribution < 1.29 is 48.2 Å². The van der Waals surface area contributed by atoms with Crippen molar-refractivity contribution in [3.05, 3.63) is 95.6 Å². The number of nitro benzene ring substituents is 2. The maximum absolute atomic E-state index is 12.5. The van der Waals surface area contributed by atoms with Crippen LogP contribution in [0.2, 0.25) is 0 Å². The summed E-state index contributed by atoms with van der Waals surface area (Å²) >= 11 is 3.34. The number of ether oxygens (including phenoxy) is 5. The van der Waals surface area contributed by atoms with E-state index in [4.69, 9.17) is 23.7 Å². The summed E-state index contributed by atoms with van der Waals surface area (Å²) in [6.45, 7) is 3.37. The van der Waals surface area contributed by atoms with Gasteiger partial charge in [0, 0.05) is 11.8 Å². The highest BCUT2D eigenvalue weighted by molar-refractivity contribution is 9.10. The predicted molar refractivity (Wildman–Crippen MR) is 179 cm³/mol. The van der Waals surface area contributed by atoms with Gasteiger partial charge in [0.25, 0.3) is 5.69 Å². The smallest absolute Gasteiger partial charge is 0.337 e. The number of nitro groups is 2. The van der Waals surface area contributed by atoms with E-state index in [0.29, 0.717) is 27.0 Å². The summed E-state index contributed by atoms with van der Waals surface area (Å²) in [6.07, 6.45) is 0.0766. The Bertz CT molecular complexity index is 1870. The van der Waals surface area contributed by atoms with Gasteiger partial charge in [0.05, 0.1) is 59.0 Å². The summed E-state index contributed by atoms with van der Waals surface area (Å²) in [4.78, 5) is 45.7. The van der Waals surface area contributed by atoms with Crippen LogP contribution in [0.5, 0.6) is 28.7 Å². The zero-order chi connectivity index (χ0) is 36.5. The molecule has 0 fully saturated rings. The molecule has 0 aliphatic carbocycles. The number of aliphatic hydroxyl groups excluding tert-OH is 1. The Balaban J connectivity index is 1.44. The Labute approximate surface area is 292 Å². The standard InChI is InChI=1S/C31H31BrN6O12/c1-5-48-24-12-18(28-27(30(40)47-4)16(2)34-31(41)35-28)6-8-23(24)49-15-26(39)36-33-14-17-10-20(32)29(25(11-17)46-3)50-22-9-7-19(37(42)43)13-21(22)38(44)45/h6-14,26,28,36,39H,5,15H2,1-4H3,(H2,34,35,41)/b33-14-/t26-,28+/m1/s1. The lowest BCUT2D eigenvalue weighted by atomic mass is 9.95. The van der Waals surface area contributed by atoms with Crippen LogP contribution in [0.4, 0.5) is 16.2 Å². The van der Waals surface area contributed by atoms with Crippen LogP contribution in [0, 0.1) is 20.2 Å². The highest BCUT2D eigenvalue weighted by atomic mass is 79.9. The van der Waals surface area contributed by atoms with Gasteiger partial charge in [-0.25, -0.2) is 9.59 Å². The number of allylic oxidation sites excluding steroid dienone is 1. The number of methoxy groups -OCH3 is 2. The minimum Gasteiger partial charge on any atom is -0.493 e. The molecule has 3 aromatic rings. The first kappa shape index (κ1) is 36.9. The third kappa shape index (κ3) is 8.74. The quantitative estimate of drug-likeness (QED) is 0.0547. The minimum atomic E-state index is -1.28. The largest absolute Gasteiger partial charge is 0.493 e. The monoisotopic (exact) mass is 758 g/mol. The number of nitrogens with one attached hydrogen (secondary N) is 3. The Morgan fingerprint density at radius 3 is 2.46 bits per heavy atom. The number of rotatable bonds is 15. The van der Waals surface area contributed by atoms with E-state index < -0.39 is 45.5 Å². The van der Waals surface area contributed by atoms with Crippen LogP contribution >= 0.6 is 15.9 Å². The average molecular weight is 760 g/mol. The second-order valence-electron chi connectivity index (χ2n) is 10.2. The third-order valence-electron chi connectivity index (χ3n) is 6.92. The maximum atomic E-state index is 12.5. The number of esters is 1. The second kappa shape index (κ2) is 16.4. The van der Waals surface area contributed by atoms with Crippen molar-refractivity contribution >= 4 is 45.5 Å². The number of carbonyl (C=O) groups excluding carboxylic acids is 2. The molecule has 18 nitrogen and oxygen atoms in total. The summed E-state index contributed by atoms with van der Waals surface area (Å²) in [5.41, 5.74) is 3.01. The minimum absolute atomic E-state index is 0.0642. The molecule has 264 valence electrons. The number of hydrazone groups is 1. The van der Waals surface area contributed by atoms with Gasteiger partial charge in [0.1, 0.15) is 6.61 Å². The molecule has 0 radical (unpaired) electrons. The number of halogens is 1. The van der Waals surface area contributed by atoms with Crippen LogP contribution in [-0.2, 0) is 9.53 Å². The molecule has 19 heteroatoms. The Hall–Kier alpha value is -5.95. The number of carbonyl (C=O) groups is 2. The average Bonchev–Trinajstić information content (AvgIpc) is 3.08. The fourth-order valence-electron chi connectivity index (χ4n) is 4.69. The van der Waals surface area contributed by atoms with Crippen LogP contribution in [0.1, 0.15) is 31.0 Å². The highest BCUT2D eigenvalue weighted by Crippen LogP contribution is 2.43. The van der Waals surface area contributed by atoms with Crippen molar-refractivity contribution in [3.63, 3.8) is 0 Å². The van der Waals surface area contributed by atoms with E-state index in [1.54, 1.807) is 38.1 Å². The molecule has 1 heterocycles. The van der Waals surface area contributed by atoms with Gasteiger partial charge in [-0.2, -0.15) is 5.10 Å². The Kier molecular flexibility index (Phi) is 12.1. The predicted octanol–water partition coefficient (Wildman–Crippen LogP) is 4.59.